The molecular weight excluding hydrogens is 231 g/mol. The quantitative estimate of drug-likeness (QED) is 0.747. The molecule has 1 unspecified atom stereocenters. The molecule has 0 heterocycles. The predicted octanol–water partition coefficient (Wildman–Crippen LogP) is 3.37. The SMILES string of the molecule is CC(C)(C)C(O)c1ccc(C(F)(F)F)cc1N. The highest BCUT2D eigenvalue weighted by atomic mass is 19.4. The van der Waals surface area contributed by atoms with E-state index in [9.17, 15) is 18.3 Å². The molecule has 1 atom stereocenters. The van der Waals surface area contributed by atoms with Gasteiger partial charge in [0, 0.05) is 11.3 Å². The molecule has 0 fully saturated rings. The summed E-state index contributed by atoms with van der Waals surface area (Å²) in [5.74, 6) is 0. The van der Waals surface area contributed by atoms with Crippen LogP contribution in [0.5, 0.6) is 0 Å². The fraction of sp³-hybridized carbons (Fsp3) is 0.500. The predicted molar refractivity (Wildman–Crippen MR) is 60.3 cm³/mol. The summed E-state index contributed by atoms with van der Waals surface area (Å²) in [6, 6.07) is 3.01. The summed E-state index contributed by atoms with van der Waals surface area (Å²) in [5.41, 5.74) is 4.56. The zero-order chi connectivity index (χ0) is 13.4. The molecule has 1 aromatic rings. The number of nitrogen functional groups attached to an aromatic ring is 1. The first-order valence-electron chi connectivity index (χ1n) is 5.18. The molecule has 5 heteroatoms. The first-order chi connectivity index (χ1) is 7.53. The first kappa shape index (κ1) is 13.8. The molecule has 0 saturated carbocycles. The number of rotatable bonds is 1. The molecule has 0 bridgehead atoms. The summed E-state index contributed by atoms with van der Waals surface area (Å²) < 4.78 is 37.2. The van der Waals surface area contributed by atoms with Crippen molar-refractivity contribution in [3.05, 3.63) is 29.3 Å². The Morgan fingerprint density at radius 2 is 1.71 bits per heavy atom. The monoisotopic (exact) mass is 247 g/mol. The second-order valence-electron chi connectivity index (χ2n) is 5.11. The van der Waals surface area contributed by atoms with Crippen molar-refractivity contribution < 1.29 is 18.3 Å². The van der Waals surface area contributed by atoms with E-state index in [0.717, 1.165) is 12.1 Å². The molecule has 0 amide bonds. The van der Waals surface area contributed by atoms with Crippen LogP contribution >= 0.6 is 0 Å². The number of hydrogen-bond donors (Lipinski definition) is 2. The van der Waals surface area contributed by atoms with E-state index in [2.05, 4.69) is 0 Å². The lowest BCUT2D eigenvalue weighted by molar-refractivity contribution is -0.137. The Balaban J connectivity index is 3.15. The van der Waals surface area contributed by atoms with E-state index < -0.39 is 23.3 Å². The van der Waals surface area contributed by atoms with Crippen molar-refractivity contribution >= 4 is 5.69 Å². The van der Waals surface area contributed by atoms with E-state index in [0.29, 0.717) is 5.56 Å². The van der Waals surface area contributed by atoms with E-state index in [1.807, 2.05) is 0 Å². The van der Waals surface area contributed by atoms with E-state index in [1.54, 1.807) is 20.8 Å². The van der Waals surface area contributed by atoms with E-state index in [-0.39, 0.29) is 5.69 Å². The van der Waals surface area contributed by atoms with E-state index in [4.69, 9.17) is 5.73 Å². The minimum Gasteiger partial charge on any atom is -0.398 e. The number of benzene rings is 1. The first-order valence-corrected chi connectivity index (χ1v) is 5.18. The normalized spacial score (nSPS) is 14.8. The molecule has 1 rings (SSSR count). The molecule has 96 valence electrons. The maximum absolute atomic E-state index is 12.4. The fourth-order valence-corrected chi connectivity index (χ4v) is 1.47. The third kappa shape index (κ3) is 3.12. The highest BCUT2D eigenvalue weighted by Gasteiger charge is 2.32. The average molecular weight is 247 g/mol. The summed E-state index contributed by atoms with van der Waals surface area (Å²) in [5, 5.41) is 9.97. The Morgan fingerprint density at radius 3 is 2.06 bits per heavy atom. The van der Waals surface area contributed by atoms with Gasteiger partial charge in [0.1, 0.15) is 0 Å². The number of anilines is 1. The van der Waals surface area contributed by atoms with Crippen LogP contribution in [0.2, 0.25) is 0 Å². The smallest absolute Gasteiger partial charge is 0.398 e. The summed E-state index contributed by atoms with van der Waals surface area (Å²) in [7, 11) is 0. The van der Waals surface area contributed by atoms with Gasteiger partial charge in [-0.15, -0.1) is 0 Å². The molecule has 0 aliphatic heterocycles. The molecule has 1 aromatic carbocycles. The van der Waals surface area contributed by atoms with Gasteiger partial charge in [-0.05, 0) is 17.5 Å². The van der Waals surface area contributed by atoms with Crippen LogP contribution in [0, 0.1) is 5.41 Å². The molecule has 0 saturated heterocycles. The zero-order valence-corrected chi connectivity index (χ0v) is 9.97. The maximum Gasteiger partial charge on any atom is 0.416 e. The fourth-order valence-electron chi connectivity index (χ4n) is 1.47. The van der Waals surface area contributed by atoms with Gasteiger partial charge in [-0.25, -0.2) is 0 Å². The lowest BCUT2D eigenvalue weighted by Gasteiger charge is -2.27. The maximum atomic E-state index is 12.4. The zero-order valence-electron chi connectivity index (χ0n) is 9.97. The number of nitrogens with two attached hydrogens (primary N) is 1. The minimum absolute atomic E-state index is 0.0396. The average Bonchev–Trinajstić information content (AvgIpc) is 2.13. The van der Waals surface area contributed by atoms with E-state index in [1.165, 1.54) is 6.07 Å². The number of aliphatic hydroxyl groups excluding tert-OH is 1. The van der Waals surface area contributed by atoms with Gasteiger partial charge >= 0.3 is 6.18 Å². The second-order valence-corrected chi connectivity index (χ2v) is 5.11. The molecule has 0 aliphatic carbocycles. The summed E-state index contributed by atoms with van der Waals surface area (Å²) in [4.78, 5) is 0. The van der Waals surface area contributed by atoms with Gasteiger partial charge in [0.15, 0.2) is 0 Å². The summed E-state index contributed by atoms with van der Waals surface area (Å²) >= 11 is 0. The Bertz CT molecular complexity index is 407. The van der Waals surface area contributed by atoms with Gasteiger partial charge < -0.3 is 10.8 Å². The minimum atomic E-state index is -4.42. The van der Waals surface area contributed by atoms with Gasteiger partial charge in [0.2, 0.25) is 0 Å². The van der Waals surface area contributed by atoms with Crippen molar-refractivity contribution in [1.82, 2.24) is 0 Å². The molecule has 0 aliphatic rings. The van der Waals surface area contributed by atoms with Gasteiger partial charge in [0.05, 0.1) is 11.7 Å². The number of alkyl halides is 3. The van der Waals surface area contributed by atoms with Gasteiger partial charge in [-0.3, -0.25) is 0 Å². The third-order valence-corrected chi connectivity index (χ3v) is 2.53. The van der Waals surface area contributed by atoms with Crippen molar-refractivity contribution in [2.45, 2.75) is 33.1 Å². The Morgan fingerprint density at radius 1 is 1.18 bits per heavy atom. The topological polar surface area (TPSA) is 46.2 Å². The highest BCUT2D eigenvalue weighted by molar-refractivity contribution is 5.51. The van der Waals surface area contributed by atoms with Crippen LogP contribution in [0.4, 0.5) is 18.9 Å². The molecule has 17 heavy (non-hydrogen) atoms. The molecule has 0 aromatic heterocycles. The lowest BCUT2D eigenvalue weighted by atomic mass is 9.84. The van der Waals surface area contributed by atoms with Crippen molar-refractivity contribution in [3.63, 3.8) is 0 Å². The van der Waals surface area contributed by atoms with Gasteiger partial charge in [-0.2, -0.15) is 13.2 Å². The van der Waals surface area contributed by atoms with Crippen LogP contribution < -0.4 is 5.73 Å². The van der Waals surface area contributed by atoms with Crippen LogP contribution in [0.1, 0.15) is 38.0 Å². The molecular formula is C12H16F3NO. The Labute approximate surface area is 98.3 Å². The molecule has 0 radical (unpaired) electrons. The van der Waals surface area contributed by atoms with Crippen LogP contribution in [0.3, 0.4) is 0 Å². The molecule has 3 N–H and O–H groups in total. The van der Waals surface area contributed by atoms with Gasteiger partial charge in [-0.1, -0.05) is 26.8 Å². The van der Waals surface area contributed by atoms with Crippen molar-refractivity contribution in [1.29, 1.82) is 0 Å². The van der Waals surface area contributed by atoms with Crippen LogP contribution in [0.15, 0.2) is 18.2 Å². The molecule has 2 nitrogen and oxygen atoms in total. The van der Waals surface area contributed by atoms with Crippen LogP contribution in [-0.4, -0.2) is 5.11 Å². The standard InChI is InChI=1S/C12H16F3NO/c1-11(2,3)10(17)8-5-4-7(6-9(8)16)12(13,14)15/h4-6,10,17H,16H2,1-3H3. The highest BCUT2D eigenvalue weighted by Crippen LogP contribution is 2.38. The number of aliphatic hydroxyl groups is 1. The van der Waals surface area contributed by atoms with Crippen molar-refractivity contribution in [2.75, 3.05) is 5.73 Å². The van der Waals surface area contributed by atoms with Crippen LogP contribution in [-0.2, 0) is 6.18 Å². The largest absolute Gasteiger partial charge is 0.416 e. The summed E-state index contributed by atoms with van der Waals surface area (Å²) in [6.07, 6.45) is -5.32. The molecule has 0 spiro atoms. The lowest BCUT2D eigenvalue weighted by Crippen LogP contribution is -2.19. The van der Waals surface area contributed by atoms with Crippen molar-refractivity contribution in [2.24, 2.45) is 5.41 Å². The van der Waals surface area contributed by atoms with Gasteiger partial charge in [0.25, 0.3) is 0 Å². The van der Waals surface area contributed by atoms with E-state index >= 15 is 0 Å². The number of halogens is 3. The Kier molecular flexibility index (Phi) is 3.43. The Hall–Kier alpha value is -1.23. The second kappa shape index (κ2) is 4.22. The third-order valence-electron chi connectivity index (χ3n) is 2.53. The number of hydrogen-bond acceptors (Lipinski definition) is 2. The van der Waals surface area contributed by atoms with Crippen molar-refractivity contribution in [3.8, 4) is 0 Å². The summed E-state index contributed by atoms with van der Waals surface area (Å²) in [6.45, 7) is 5.36. The van der Waals surface area contributed by atoms with Crippen LogP contribution in [0.25, 0.3) is 0 Å².